The molecule has 0 aromatic carbocycles. The summed E-state index contributed by atoms with van der Waals surface area (Å²) in [4.78, 5) is 26.2. The molecule has 2 rings (SSSR count). The molecule has 6 heteroatoms. The van der Waals surface area contributed by atoms with Crippen molar-refractivity contribution in [3.63, 3.8) is 0 Å². The Morgan fingerprint density at radius 3 is 2.41 bits per heavy atom. The predicted molar refractivity (Wildman–Crippen MR) is 89.8 cm³/mol. The van der Waals surface area contributed by atoms with Crippen molar-refractivity contribution in [3.8, 4) is 0 Å². The van der Waals surface area contributed by atoms with E-state index >= 15 is 0 Å². The van der Waals surface area contributed by atoms with E-state index in [2.05, 4.69) is 5.32 Å². The lowest BCUT2D eigenvalue weighted by Gasteiger charge is -2.29. The minimum absolute atomic E-state index is 0. The van der Waals surface area contributed by atoms with Gasteiger partial charge in [0.15, 0.2) is 0 Å². The molecule has 128 valence electrons. The first-order chi connectivity index (χ1) is 10.0. The average Bonchev–Trinajstić information content (AvgIpc) is 3.12. The molecule has 2 atom stereocenters. The number of carbonyl (C=O) groups excluding carboxylic acids is 2. The lowest BCUT2D eigenvalue weighted by Crippen LogP contribution is -2.49. The molecule has 3 N–H and O–H groups in total. The molecule has 1 unspecified atom stereocenters. The van der Waals surface area contributed by atoms with Crippen molar-refractivity contribution in [1.82, 2.24) is 10.2 Å². The smallest absolute Gasteiger partial charge is 0.242 e. The van der Waals surface area contributed by atoms with Crippen molar-refractivity contribution in [1.29, 1.82) is 0 Å². The Bertz CT molecular complexity index is 384. The third-order valence-electron chi connectivity index (χ3n) is 5.00. The van der Waals surface area contributed by atoms with E-state index in [1.54, 1.807) is 0 Å². The van der Waals surface area contributed by atoms with Gasteiger partial charge in [-0.25, -0.2) is 0 Å². The fourth-order valence-corrected chi connectivity index (χ4v) is 3.62. The third-order valence-corrected chi connectivity index (χ3v) is 5.00. The van der Waals surface area contributed by atoms with Gasteiger partial charge in [-0.1, -0.05) is 26.7 Å². The van der Waals surface area contributed by atoms with Gasteiger partial charge in [0.1, 0.15) is 0 Å². The summed E-state index contributed by atoms with van der Waals surface area (Å²) < 4.78 is 0. The van der Waals surface area contributed by atoms with Crippen molar-refractivity contribution < 1.29 is 9.59 Å². The van der Waals surface area contributed by atoms with E-state index in [9.17, 15) is 9.59 Å². The van der Waals surface area contributed by atoms with E-state index in [1.807, 2.05) is 18.7 Å². The van der Waals surface area contributed by atoms with Crippen LogP contribution in [0, 0.1) is 11.8 Å². The van der Waals surface area contributed by atoms with Gasteiger partial charge in [0.05, 0.1) is 12.6 Å². The van der Waals surface area contributed by atoms with Crippen LogP contribution in [-0.2, 0) is 9.59 Å². The number of amides is 2. The van der Waals surface area contributed by atoms with Gasteiger partial charge in [-0.2, -0.15) is 0 Å². The first-order valence-corrected chi connectivity index (χ1v) is 8.33. The fraction of sp³-hybridized carbons (Fsp3) is 0.875. The SMILES string of the molecule is CC(C)[C@H](N)C(=O)NCC(=O)N1CCCC1C1CCCC1.Cl. The van der Waals surface area contributed by atoms with Gasteiger partial charge in [-0.05, 0) is 37.5 Å². The second-order valence-electron chi connectivity index (χ2n) is 6.83. The quantitative estimate of drug-likeness (QED) is 0.805. The second-order valence-corrected chi connectivity index (χ2v) is 6.83. The van der Waals surface area contributed by atoms with Crippen LogP contribution in [-0.4, -0.2) is 41.9 Å². The number of rotatable bonds is 5. The molecule has 1 saturated heterocycles. The van der Waals surface area contributed by atoms with Gasteiger partial charge in [0.2, 0.25) is 11.8 Å². The molecule has 2 aliphatic rings. The highest BCUT2D eigenvalue weighted by Gasteiger charge is 2.35. The first-order valence-electron chi connectivity index (χ1n) is 8.33. The zero-order valence-corrected chi connectivity index (χ0v) is 14.5. The molecule has 0 radical (unpaired) electrons. The lowest BCUT2D eigenvalue weighted by molar-refractivity contribution is -0.134. The molecule has 1 heterocycles. The highest BCUT2D eigenvalue weighted by atomic mass is 35.5. The number of carbonyl (C=O) groups is 2. The van der Waals surface area contributed by atoms with Gasteiger partial charge >= 0.3 is 0 Å². The van der Waals surface area contributed by atoms with Crippen molar-refractivity contribution in [2.24, 2.45) is 17.6 Å². The summed E-state index contributed by atoms with van der Waals surface area (Å²) in [5, 5.41) is 2.70. The topological polar surface area (TPSA) is 75.4 Å². The summed E-state index contributed by atoms with van der Waals surface area (Å²) >= 11 is 0. The Labute approximate surface area is 139 Å². The van der Waals surface area contributed by atoms with Crippen molar-refractivity contribution >= 4 is 24.2 Å². The van der Waals surface area contributed by atoms with Crippen molar-refractivity contribution in [3.05, 3.63) is 0 Å². The zero-order chi connectivity index (χ0) is 15.4. The molecule has 2 amide bonds. The van der Waals surface area contributed by atoms with Gasteiger partial charge < -0.3 is 16.0 Å². The molecule has 1 saturated carbocycles. The Morgan fingerprint density at radius 2 is 1.82 bits per heavy atom. The lowest BCUT2D eigenvalue weighted by atomic mass is 9.96. The monoisotopic (exact) mass is 331 g/mol. The zero-order valence-electron chi connectivity index (χ0n) is 13.7. The van der Waals surface area contributed by atoms with Crippen LogP contribution in [0.3, 0.4) is 0 Å². The van der Waals surface area contributed by atoms with Crippen LogP contribution in [0.5, 0.6) is 0 Å². The molecule has 0 bridgehead atoms. The van der Waals surface area contributed by atoms with Crippen LogP contribution in [0.15, 0.2) is 0 Å². The minimum atomic E-state index is -0.540. The van der Waals surface area contributed by atoms with E-state index in [1.165, 1.54) is 25.7 Å². The van der Waals surface area contributed by atoms with Gasteiger partial charge in [-0.15, -0.1) is 12.4 Å². The molecule has 2 fully saturated rings. The molecule has 1 aliphatic carbocycles. The summed E-state index contributed by atoms with van der Waals surface area (Å²) in [6, 6.07) is -0.141. The molecular formula is C16H30ClN3O2. The number of likely N-dealkylation sites (tertiary alicyclic amines) is 1. The maximum Gasteiger partial charge on any atom is 0.242 e. The Morgan fingerprint density at radius 1 is 1.18 bits per heavy atom. The number of halogens is 1. The van der Waals surface area contributed by atoms with Crippen molar-refractivity contribution in [2.45, 2.75) is 64.5 Å². The maximum absolute atomic E-state index is 12.4. The minimum Gasteiger partial charge on any atom is -0.346 e. The summed E-state index contributed by atoms with van der Waals surface area (Å²) in [5.41, 5.74) is 5.79. The van der Waals surface area contributed by atoms with E-state index in [4.69, 9.17) is 5.73 Å². The normalized spacial score (nSPS) is 23.5. The van der Waals surface area contributed by atoms with E-state index in [0.717, 1.165) is 19.4 Å². The molecule has 1 aliphatic heterocycles. The largest absolute Gasteiger partial charge is 0.346 e. The van der Waals surface area contributed by atoms with Crippen LogP contribution in [0.2, 0.25) is 0 Å². The first kappa shape index (κ1) is 19.2. The third kappa shape index (κ3) is 4.59. The van der Waals surface area contributed by atoms with E-state index in [0.29, 0.717) is 12.0 Å². The average molecular weight is 332 g/mol. The molecule has 0 aromatic heterocycles. The maximum atomic E-state index is 12.4. The molecule has 0 spiro atoms. The Hall–Kier alpha value is -0.810. The number of hydrogen-bond acceptors (Lipinski definition) is 3. The van der Waals surface area contributed by atoms with Crippen LogP contribution in [0.25, 0.3) is 0 Å². The summed E-state index contributed by atoms with van der Waals surface area (Å²) in [5.74, 6) is 0.576. The summed E-state index contributed by atoms with van der Waals surface area (Å²) in [6.45, 7) is 4.74. The molecule has 5 nitrogen and oxygen atoms in total. The standard InChI is InChI=1S/C16H29N3O2.ClH/c1-11(2)15(17)16(21)18-10-14(20)19-9-5-8-13(19)12-6-3-4-7-12;/h11-13,15H,3-10,17H2,1-2H3,(H,18,21);1H/t13?,15-;/m0./s1. The molecule has 22 heavy (non-hydrogen) atoms. The van der Waals surface area contributed by atoms with E-state index < -0.39 is 6.04 Å². The molecule has 0 aromatic rings. The van der Waals surface area contributed by atoms with Crippen LogP contribution in [0.1, 0.15) is 52.4 Å². The second kappa shape index (κ2) is 8.73. The van der Waals surface area contributed by atoms with Crippen LogP contribution >= 0.6 is 12.4 Å². The van der Waals surface area contributed by atoms with Crippen LogP contribution in [0.4, 0.5) is 0 Å². The summed E-state index contributed by atoms with van der Waals surface area (Å²) in [7, 11) is 0. The highest BCUT2D eigenvalue weighted by Crippen LogP contribution is 2.35. The number of hydrogen-bond donors (Lipinski definition) is 2. The van der Waals surface area contributed by atoms with Gasteiger partial charge in [0, 0.05) is 12.6 Å². The highest BCUT2D eigenvalue weighted by molar-refractivity contribution is 5.87. The number of nitrogens with two attached hydrogens (primary N) is 1. The predicted octanol–water partition coefficient (Wildman–Crippen LogP) is 1.69. The Balaban J connectivity index is 0.00000242. The Kier molecular flexibility index (Phi) is 7.63. The van der Waals surface area contributed by atoms with Crippen LogP contribution < -0.4 is 11.1 Å². The number of nitrogens with one attached hydrogen (secondary N) is 1. The molecular weight excluding hydrogens is 302 g/mol. The van der Waals surface area contributed by atoms with Gasteiger partial charge in [0.25, 0.3) is 0 Å². The van der Waals surface area contributed by atoms with E-state index in [-0.39, 0.29) is 36.7 Å². The summed E-state index contributed by atoms with van der Waals surface area (Å²) in [6.07, 6.45) is 7.30. The number of nitrogens with zero attached hydrogens (tertiary/aromatic N) is 1. The fourth-order valence-electron chi connectivity index (χ4n) is 3.62. The van der Waals surface area contributed by atoms with Gasteiger partial charge in [-0.3, -0.25) is 9.59 Å². The van der Waals surface area contributed by atoms with Crippen molar-refractivity contribution in [2.75, 3.05) is 13.1 Å².